The quantitative estimate of drug-likeness (QED) is 0.461. The van der Waals surface area contributed by atoms with E-state index in [1.54, 1.807) is 12.1 Å². The first-order valence-electron chi connectivity index (χ1n) is 8.33. The Kier molecular flexibility index (Phi) is 4.11. The summed E-state index contributed by atoms with van der Waals surface area (Å²) >= 11 is 4.92. The van der Waals surface area contributed by atoms with Crippen molar-refractivity contribution in [1.82, 2.24) is 15.0 Å². The van der Waals surface area contributed by atoms with Crippen molar-refractivity contribution in [3.8, 4) is 50.9 Å². The Morgan fingerprint density at radius 1 is 1.04 bits per heavy atom. The highest BCUT2D eigenvalue weighted by atomic mass is 79.9. The van der Waals surface area contributed by atoms with E-state index in [4.69, 9.17) is 19.7 Å². The Balaban J connectivity index is 1.66. The van der Waals surface area contributed by atoms with E-state index in [0.29, 0.717) is 17.1 Å². The summed E-state index contributed by atoms with van der Waals surface area (Å²) in [6.07, 6.45) is 0. The van der Waals surface area contributed by atoms with Gasteiger partial charge in [0.2, 0.25) is 6.79 Å². The minimum absolute atomic E-state index is 0.227. The molecule has 136 valence electrons. The molecule has 3 heterocycles. The summed E-state index contributed by atoms with van der Waals surface area (Å²) in [5.74, 6) is 2.14. The monoisotopic (exact) mass is 450 g/mol. The van der Waals surface area contributed by atoms with Crippen molar-refractivity contribution in [3.05, 3.63) is 58.0 Å². The second-order valence-corrected chi connectivity index (χ2v) is 7.71. The Hall–Kier alpha value is -3.15. The largest absolute Gasteiger partial charge is 0.454 e. The van der Waals surface area contributed by atoms with Crippen LogP contribution in [0.25, 0.3) is 33.3 Å². The number of aromatic nitrogens is 3. The maximum Gasteiger partial charge on any atom is 0.231 e. The fourth-order valence-corrected chi connectivity index (χ4v) is 4.24. The van der Waals surface area contributed by atoms with Crippen molar-refractivity contribution in [2.24, 2.45) is 0 Å². The van der Waals surface area contributed by atoms with E-state index >= 15 is 0 Å². The molecule has 28 heavy (non-hydrogen) atoms. The van der Waals surface area contributed by atoms with Gasteiger partial charge in [0.05, 0.1) is 17.3 Å². The molecule has 5 rings (SSSR count). The molecule has 2 aromatic carbocycles. The van der Waals surface area contributed by atoms with E-state index in [0.717, 1.165) is 37.9 Å². The molecule has 4 aromatic rings. The lowest BCUT2D eigenvalue weighted by molar-refractivity contribution is 0.174. The second kappa shape index (κ2) is 6.78. The molecule has 0 bridgehead atoms. The molecule has 1 N–H and O–H groups in total. The van der Waals surface area contributed by atoms with Gasteiger partial charge in [0.15, 0.2) is 11.5 Å². The van der Waals surface area contributed by atoms with Crippen LogP contribution in [-0.2, 0) is 0 Å². The molecular formula is C20H11BrN4O2S. The molecule has 0 saturated carbocycles. The van der Waals surface area contributed by atoms with Crippen LogP contribution in [0.2, 0.25) is 0 Å². The maximum absolute atomic E-state index is 9.02. The van der Waals surface area contributed by atoms with Crippen LogP contribution in [0.1, 0.15) is 5.56 Å². The fourth-order valence-electron chi connectivity index (χ4n) is 2.99. The van der Waals surface area contributed by atoms with Gasteiger partial charge >= 0.3 is 0 Å². The minimum atomic E-state index is 0.227. The van der Waals surface area contributed by atoms with Crippen molar-refractivity contribution in [1.29, 1.82) is 5.26 Å². The van der Waals surface area contributed by atoms with E-state index in [1.165, 1.54) is 11.3 Å². The van der Waals surface area contributed by atoms with Gasteiger partial charge < -0.3 is 14.5 Å². The Morgan fingerprint density at radius 2 is 1.82 bits per heavy atom. The third-order valence-corrected chi connectivity index (χ3v) is 5.89. The first-order chi connectivity index (χ1) is 13.7. The maximum atomic E-state index is 9.02. The van der Waals surface area contributed by atoms with Crippen molar-refractivity contribution in [2.45, 2.75) is 0 Å². The Labute approximate surface area is 172 Å². The summed E-state index contributed by atoms with van der Waals surface area (Å²) in [4.78, 5) is 12.7. The zero-order chi connectivity index (χ0) is 19.1. The highest BCUT2D eigenvalue weighted by Crippen LogP contribution is 2.40. The fraction of sp³-hybridized carbons (Fsp3) is 0.0500. The number of imidazole rings is 1. The third-order valence-electron chi connectivity index (χ3n) is 4.33. The van der Waals surface area contributed by atoms with Crippen LogP contribution in [0.15, 0.2) is 52.4 Å². The molecule has 1 aliphatic rings. The molecule has 0 saturated heterocycles. The minimum Gasteiger partial charge on any atom is -0.454 e. The number of rotatable bonds is 3. The summed E-state index contributed by atoms with van der Waals surface area (Å²) in [6, 6.07) is 15.2. The van der Waals surface area contributed by atoms with E-state index < -0.39 is 0 Å². The highest BCUT2D eigenvalue weighted by molar-refractivity contribution is 9.10. The van der Waals surface area contributed by atoms with Crippen LogP contribution >= 0.6 is 27.3 Å². The van der Waals surface area contributed by atoms with Crippen LogP contribution in [0.5, 0.6) is 11.5 Å². The van der Waals surface area contributed by atoms with Gasteiger partial charge in [-0.15, -0.1) is 11.3 Å². The molecule has 0 fully saturated rings. The van der Waals surface area contributed by atoms with Gasteiger partial charge in [-0.1, -0.05) is 0 Å². The molecule has 0 unspecified atom stereocenters. The van der Waals surface area contributed by atoms with Gasteiger partial charge in [-0.2, -0.15) is 5.26 Å². The molecular weight excluding hydrogens is 440 g/mol. The van der Waals surface area contributed by atoms with Crippen LogP contribution in [0, 0.1) is 11.3 Å². The van der Waals surface area contributed by atoms with Gasteiger partial charge in [-0.25, -0.2) is 9.97 Å². The summed E-state index contributed by atoms with van der Waals surface area (Å²) in [5.41, 5.74) is 4.03. The van der Waals surface area contributed by atoms with E-state index in [-0.39, 0.29) is 6.79 Å². The van der Waals surface area contributed by atoms with Crippen molar-refractivity contribution >= 4 is 27.3 Å². The number of nitriles is 1. The molecule has 0 aliphatic carbocycles. The number of nitrogens with zero attached hydrogens (tertiary/aromatic N) is 3. The van der Waals surface area contributed by atoms with Crippen molar-refractivity contribution in [2.75, 3.05) is 6.79 Å². The summed E-state index contributed by atoms with van der Waals surface area (Å²) in [6.45, 7) is 0.227. The normalized spacial score (nSPS) is 12.1. The van der Waals surface area contributed by atoms with E-state index in [1.807, 2.05) is 35.7 Å². The van der Waals surface area contributed by atoms with E-state index in [2.05, 4.69) is 32.0 Å². The summed E-state index contributed by atoms with van der Waals surface area (Å²) in [7, 11) is 0. The molecule has 0 radical (unpaired) electrons. The molecule has 1 aliphatic heterocycles. The Bertz CT molecular complexity index is 1220. The number of benzene rings is 2. The molecule has 0 spiro atoms. The number of nitrogens with one attached hydrogen (secondary N) is 1. The lowest BCUT2D eigenvalue weighted by Gasteiger charge is -2.03. The number of hydrogen-bond acceptors (Lipinski definition) is 6. The topological polar surface area (TPSA) is 83.8 Å². The number of thiazole rings is 1. The van der Waals surface area contributed by atoms with Crippen LogP contribution in [0.3, 0.4) is 0 Å². The zero-order valence-electron chi connectivity index (χ0n) is 14.3. The van der Waals surface area contributed by atoms with Crippen LogP contribution in [-0.4, -0.2) is 21.7 Å². The smallest absolute Gasteiger partial charge is 0.231 e. The first-order valence-corrected chi connectivity index (χ1v) is 10.0. The molecule has 6 nitrogen and oxygen atoms in total. The summed E-state index contributed by atoms with van der Waals surface area (Å²) < 4.78 is 11.7. The number of H-pyrrole nitrogens is 1. The molecule has 0 amide bonds. The predicted molar refractivity (Wildman–Crippen MR) is 109 cm³/mol. The van der Waals surface area contributed by atoms with Gasteiger partial charge in [-0.05, 0) is 58.4 Å². The lowest BCUT2D eigenvalue weighted by Crippen LogP contribution is -1.92. The molecule has 8 heteroatoms. The van der Waals surface area contributed by atoms with Crippen LogP contribution in [0.4, 0.5) is 0 Å². The average Bonchev–Trinajstić information content (AvgIpc) is 3.46. The van der Waals surface area contributed by atoms with Crippen LogP contribution < -0.4 is 9.47 Å². The molecule has 2 aromatic heterocycles. The lowest BCUT2D eigenvalue weighted by atomic mass is 10.1. The number of fused-ring (bicyclic) bond motifs is 1. The van der Waals surface area contributed by atoms with Crippen molar-refractivity contribution in [3.63, 3.8) is 0 Å². The van der Waals surface area contributed by atoms with Gasteiger partial charge in [-0.3, -0.25) is 0 Å². The summed E-state index contributed by atoms with van der Waals surface area (Å²) in [5, 5.41) is 11.7. The average molecular weight is 451 g/mol. The van der Waals surface area contributed by atoms with Gasteiger partial charge in [0.25, 0.3) is 0 Å². The number of aromatic amines is 1. The number of halogens is 1. The van der Waals surface area contributed by atoms with E-state index in [9.17, 15) is 0 Å². The number of ether oxygens (including phenoxy) is 2. The number of hydrogen-bond donors (Lipinski definition) is 1. The predicted octanol–water partition coefficient (Wildman–Crippen LogP) is 5.23. The Morgan fingerprint density at radius 3 is 2.57 bits per heavy atom. The standard InChI is InChI=1S/C20H11BrN4O2S/c21-16-9-28-20(23-16)18-17(13-5-6-14-15(7-13)27-10-26-14)24-19(25-18)12-3-1-11(8-22)2-4-12/h1-7,9H,10H2,(H,24,25). The second-order valence-electron chi connectivity index (χ2n) is 6.04. The third kappa shape index (κ3) is 2.95. The SMILES string of the molecule is N#Cc1ccc(-c2nc(-c3nc(Br)cs3)c(-c3ccc4c(c3)OCO4)[nH]2)cc1. The highest BCUT2D eigenvalue weighted by Gasteiger charge is 2.21. The van der Waals surface area contributed by atoms with Crippen molar-refractivity contribution < 1.29 is 9.47 Å². The first kappa shape index (κ1) is 17.0. The van der Waals surface area contributed by atoms with Gasteiger partial charge in [0.1, 0.15) is 21.1 Å². The van der Waals surface area contributed by atoms with Gasteiger partial charge in [0, 0.05) is 16.5 Å². The zero-order valence-corrected chi connectivity index (χ0v) is 16.7. The molecule has 0 atom stereocenters.